The van der Waals surface area contributed by atoms with Crippen molar-refractivity contribution in [2.75, 3.05) is 0 Å². The smallest absolute Gasteiger partial charge is 0.216 e. The highest BCUT2D eigenvalue weighted by molar-refractivity contribution is 7.90. The van der Waals surface area contributed by atoms with Crippen molar-refractivity contribution in [3.63, 3.8) is 0 Å². The van der Waals surface area contributed by atoms with Crippen LogP contribution in [0.3, 0.4) is 0 Å². The maximum Gasteiger partial charge on any atom is 0.264 e. The van der Waals surface area contributed by atoms with E-state index in [0.29, 0.717) is 5.19 Å². The number of benzene rings is 1. The third kappa shape index (κ3) is 2.09. The Morgan fingerprint density at radius 2 is 2.00 bits per heavy atom. The molecule has 0 aliphatic carbocycles. The van der Waals surface area contributed by atoms with Crippen molar-refractivity contribution in [1.82, 2.24) is 0 Å². The zero-order valence-corrected chi connectivity index (χ0v) is 8.19. The molecule has 0 saturated heterocycles. The summed E-state index contributed by atoms with van der Waals surface area (Å²) in [7, 11) is -0.790. The molecule has 0 unspecified atom stereocenters. The first kappa shape index (κ1) is 9.78. The number of azide groups is 1. The molecule has 0 heterocycles. The minimum Gasteiger partial charge on any atom is -0.216 e. The molecule has 0 atom stereocenters. The van der Waals surface area contributed by atoms with Crippen LogP contribution in [0.5, 0.6) is 0 Å². The van der Waals surface area contributed by atoms with Gasteiger partial charge in [-0.3, -0.25) is 0 Å². The molecule has 0 bridgehead atoms. The van der Waals surface area contributed by atoms with E-state index >= 15 is 0 Å². The Morgan fingerprint density at radius 3 is 2.54 bits per heavy atom. The molecule has 0 aromatic heterocycles. The Balaban J connectivity index is 3.39. The second kappa shape index (κ2) is 3.61. The van der Waals surface area contributed by atoms with Crippen LogP contribution < -0.4 is 5.19 Å². The van der Waals surface area contributed by atoms with Crippen LogP contribution in [-0.4, -0.2) is 18.7 Å². The van der Waals surface area contributed by atoms with Crippen LogP contribution in [0.2, 0.25) is 0 Å². The monoisotopic (exact) mass is 210 g/mol. The van der Waals surface area contributed by atoms with E-state index in [2.05, 4.69) is 19.7 Å². The van der Waals surface area contributed by atoms with E-state index < -0.39 is 10.0 Å². The predicted molar refractivity (Wildman–Crippen MR) is 48.2 cm³/mol. The zero-order chi connectivity index (χ0) is 9.90. The maximum absolute atomic E-state index is 11.2. The molecule has 7 heteroatoms. The number of hydrogen-bond donors (Lipinski definition) is 0. The number of rotatable bonds is 2. The molecular weight excluding hydrogens is 206 g/mol. The quantitative estimate of drug-likeness (QED) is 0.308. The van der Waals surface area contributed by atoms with Crippen LogP contribution in [0.25, 0.3) is 10.4 Å². The Labute approximate surface area is 78.5 Å². The molecule has 0 spiro atoms. The van der Waals surface area contributed by atoms with Gasteiger partial charge in [0.05, 0.1) is 15.1 Å². The molecule has 65 valence electrons. The molecule has 1 rings (SSSR count). The fourth-order valence-corrected chi connectivity index (χ4v) is 2.13. The number of hydrogen-bond acceptors (Lipinski definition) is 2. The van der Waals surface area contributed by atoms with Crippen molar-refractivity contribution >= 4 is 25.5 Å². The minimum absolute atomic E-state index is 0.0375. The minimum atomic E-state index is -3.88. The van der Waals surface area contributed by atoms with Gasteiger partial charge in [0.15, 0.2) is 0 Å². The van der Waals surface area contributed by atoms with Crippen molar-refractivity contribution in [2.45, 2.75) is 4.90 Å². The lowest BCUT2D eigenvalue weighted by atomic mass is 10.4. The van der Waals surface area contributed by atoms with E-state index in [1.165, 1.54) is 6.07 Å². The lowest BCUT2D eigenvalue weighted by Crippen LogP contribution is -2.13. The first-order chi connectivity index (χ1) is 6.08. The molecular formula is C6H4N3O2SSi. The van der Waals surface area contributed by atoms with E-state index in [0.717, 1.165) is 0 Å². The molecule has 1 aromatic carbocycles. The van der Waals surface area contributed by atoms with Gasteiger partial charge in [-0.05, 0) is 16.8 Å². The molecule has 1 aromatic rings. The van der Waals surface area contributed by atoms with E-state index in [1.807, 2.05) is 0 Å². The highest BCUT2D eigenvalue weighted by atomic mass is 32.2. The summed E-state index contributed by atoms with van der Waals surface area (Å²) in [5.74, 6) is 0. The second-order valence-corrected chi connectivity index (χ2v) is 4.23. The summed E-state index contributed by atoms with van der Waals surface area (Å²) in [6.45, 7) is 0. The van der Waals surface area contributed by atoms with E-state index in [9.17, 15) is 8.42 Å². The van der Waals surface area contributed by atoms with Gasteiger partial charge in [-0.15, -0.1) is 0 Å². The van der Waals surface area contributed by atoms with E-state index in [1.54, 1.807) is 18.2 Å². The van der Waals surface area contributed by atoms with Crippen LogP contribution in [-0.2, 0) is 10.0 Å². The summed E-state index contributed by atoms with van der Waals surface area (Å²) in [6, 6.07) is 6.11. The van der Waals surface area contributed by atoms with Crippen LogP contribution in [0.15, 0.2) is 33.7 Å². The third-order valence-electron chi connectivity index (χ3n) is 1.31. The third-order valence-corrected chi connectivity index (χ3v) is 3.13. The highest BCUT2D eigenvalue weighted by Crippen LogP contribution is 2.08. The van der Waals surface area contributed by atoms with Gasteiger partial charge >= 0.3 is 0 Å². The van der Waals surface area contributed by atoms with Crippen LogP contribution in [0.4, 0.5) is 0 Å². The largest absolute Gasteiger partial charge is 0.264 e. The number of nitrogens with zero attached hydrogens (tertiary/aromatic N) is 3. The summed E-state index contributed by atoms with van der Waals surface area (Å²) in [6.07, 6.45) is 0. The molecule has 0 aliphatic heterocycles. The molecule has 0 aliphatic rings. The van der Waals surface area contributed by atoms with Gasteiger partial charge in [0.25, 0.3) is 10.0 Å². The molecule has 5 nitrogen and oxygen atoms in total. The second-order valence-electron chi connectivity index (χ2n) is 2.14. The van der Waals surface area contributed by atoms with Crippen LogP contribution in [0.1, 0.15) is 0 Å². The van der Waals surface area contributed by atoms with Gasteiger partial charge in [0.2, 0.25) is 0 Å². The summed E-state index contributed by atoms with van der Waals surface area (Å²) >= 11 is 0. The standard InChI is InChI=1S/C6H4N3O2SSi/c7-8-9-12(10,11)5-3-1-2-4-6(5)13/h1-4H. The normalized spacial score (nSPS) is 10.5. The van der Waals surface area contributed by atoms with Gasteiger partial charge in [-0.25, -0.2) is 8.42 Å². The molecule has 3 radical (unpaired) electrons. The summed E-state index contributed by atoms with van der Waals surface area (Å²) in [5, 5.41) is 0.370. The Bertz CT molecular complexity index is 465. The molecule has 0 amide bonds. The Hall–Kier alpha value is -1.30. The summed E-state index contributed by atoms with van der Waals surface area (Å²) in [4.78, 5) is 2.20. The van der Waals surface area contributed by atoms with E-state index in [4.69, 9.17) is 5.53 Å². The zero-order valence-electron chi connectivity index (χ0n) is 6.38. The van der Waals surface area contributed by atoms with E-state index in [-0.39, 0.29) is 4.90 Å². The van der Waals surface area contributed by atoms with Crippen LogP contribution >= 0.6 is 0 Å². The van der Waals surface area contributed by atoms with Crippen LogP contribution in [0, 0.1) is 0 Å². The summed E-state index contributed by atoms with van der Waals surface area (Å²) < 4.78 is 25.1. The fraction of sp³-hybridized carbons (Fsp3) is 0. The SMILES string of the molecule is [N-]=[N+]=NS(=O)(=O)c1ccccc1[Si]. The Kier molecular flexibility index (Phi) is 2.71. The molecule has 13 heavy (non-hydrogen) atoms. The first-order valence-corrected chi connectivity index (χ1v) is 5.14. The van der Waals surface area contributed by atoms with Crippen molar-refractivity contribution in [1.29, 1.82) is 0 Å². The maximum atomic E-state index is 11.2. The average molecular weight is 210 g/mol. The van der Waals surface area contributed by atoms with Gasteiger partial charge in [-0.1, -0.05) is 18.2 Å². The lowest BCUT2D eigenvalue weighted by molar-refractivity contribution is 0.598. The van der Waals surface area contributed by atoms with Crippen molar-refractivity contribution in [2.24, 2.45) is 4.52 Å². The Morgan fingerprint density at radius 1 is 1.38 bits per heavy atom. The topological polar surface area (TPSA) is 82.9 Å². The molecule has 0 saturated carbocycles. The van der Waals surface area contributed by atoms with Gasteiger partial charge in [0, 0.05) is 9.43 Å². The fourth-order valence-electron chi connectivity index (χ4n) is 0.784. The number of sulfonamides is 1. The molecule has 0 fully saturated rings. The first-order valence-electron chi connectivity index (χ1n) is 3.20. The van der Waals surface area contributed by atoms with Gasteiger partial charge in [-0.2, -0.15) is 0 Å². The van der Waals surface area contributed by atoms with Crippen molar-refractivity contribution < 1.29 is 8.42 Å². The van der Waals surface area contributed by atoms with Gasteiger partial charge < -0.3 is 0 Å². The van der Waals surface area contributed by atoms with Gasteiger partial charge in [0.1, 0.15) is 0 Å². The lowest BCUT2D eigenvalue weighted by Gasteiger charge is -1.99. The van der Waals surface area contributed by atoms with Crippen molar-refractivity contribution in [3.8, 4) is 0 Å². The highest BCUT2D eigenvalue weighted by Gasteiger charge is 2.13. The van der Waals surface area contributed by atoms with Crippen molar-refractivity contribution in [3.05, 3.63) is 34.7 Å². The predicted octanol–water partition coefficient (Wildman–Crippen LogP) is 0.479. The average Bonchev–Trinajstić information content (AvgIpc) is 2.04. The summed E-state index contributed by atoms with van der Waals surface area (Å²) in [5.41, 5.74) is 8.02. The molecule has 0 N–H and O–H groups in total.